The van der Waals surface area contributed by atoms with Gasteiger partial charge in [0.2, 0.25) is 5.91 Å². The van der Waals surface area contributed by atoms with Crippen LogP contribution < -0.4 is 10.2 Å². The minimum atomic E-state index is -1.37. The van der Waals surface area contributed by atoms with Gasteiger partial charge in [-0.05, 0) is 53.4 Å². The van der Waals surface area contributed by atoms with Crippen LogP contribution in [0.15, 0.2) is 72.8 Å². The van der Waals surface area contributed by atoms with Crippen LogP contribution in [0.2, 0.25) is 0 Å². The first-order chi connectivity index (χ1) is 14.8. The highest BCUT2D eigenvalue weighted by molar-refractivity contribution is 6.17. The summed E-state index contributed by atoms with van der Waals surface area (Å²) in [5.74, 6) is -1.48. The van der Waals surface area contributed by atoms with E-state index >= 15 is 0 Å². The van der Waals surface area contributed by atoms with Gasteiger partial charge in [0, 0.05) is 11.4 Å². The number of carbonyl (C=O) groups excluding carboxylic acids is 2. The molecule has 0 aromatic heterocycles. The molecule has 0 bridgehead atoms. The Morgan fingerprint density at radius 2 is 1.61 bits per heavy atom. The fourth-order valence-corrected chi connectivity index (χ4v) is 3.97. The number of hydrogen-bond acceptors (Lipinski definition) is 2. The van der Waals surface area contributed by atoms with Crippen LogP contribution in [-0.4, -0.2) is 11.8 Å². The van der Waals surface area contributed by atoms with E-state index in [2.05, 4.69) is 19.2 Å². The molecule has 0 radical (unpaired) electrons. The molecule has 1 aliphatic rings. The number of benzene rings is 3. The maximum absolute atomic E-state index is 13.9. The van der Waals surface area contributed by atoms with Crippen molar-refractivity contribution in [2.45, 2.75) is 31.7 Å². The first-order valence-corrected chi connectivity index (χ1v) is 10.1. The van der Waals surface area contributed by atoms with Crippen molar-refractivity contribution in [1.29, 1.82) is 0 Å². The molecule has 31 heavy (non-hydrogen) atoms. The summed E-state index contributed by atoms with van der Waals surface area (Å²) in [7, 11) is 0. The monoisotopic (exact) mass is 420 g/mol. The van der Waals surface area contributed by atoms with Gasteiger partial charge in [-0.15, -0.1) is 0 Å². The van der Waals surface area contributed by atoms with E-state index in [1.165, 1.54) is 41.3 Å². The Labute approximate surface area is 179 Å². The van der Waals surface area contributed by atoms with E-state index in [1.807, 2.05) is 24.3 Å². The molecule has 158 valence electrons. The molecular weight excluding hydrogens is 398 g/mol. The van der Waals surface area contributed by atoms with E-state index in [0.717, 1.165) is 5.56 Å². The highest BCUT2D eigenvalue weighted by Gasteiger charge is 2.58. The van der Waals surface area contributed by atoms with E-state index in [-0.39, 0.29) is 18.0 Å². The molecule has 3 aromatic carbocycles. The van der Waals surface area contributed by atoms with Crippen LogP contribution in [0, 0.1) is 11.6 Å². The third-order valence-corrected chi connectivity index (χ3v) is 5.62. The molecule has 1 aliphatic heterocycles. The second-order valence-corrected chi connectivity index (χ2v) is 7.99. The predicted octanol–water partition coefficient (Wildman–Crippen LogP) is 5.36. The molecule has 1 heterocycles. The van der Waals surface area contributed by atoms with Crippen molar-refractivity contribution in [2.75, 3.05) is 10.2 Å². The second-order valence-electron chi connectivity index (χ2n) is 7.99. The Bertz CT molecular complexity index is 1140. The van der Waals surface area contributed by atoms with Gasteiger partial charge in [0.15, 0.2) is 5.54 Å². The summed E-state index contributed by atoms with van der Waals surface area (Å²) in [4.78, 5) is 27.5. The normalized spacial score (nSPS) is 18.1. The van der Waals surface area contributed by atoms with Crippen LogP contribution in [0.4, 0.5) is 20.2 Å². The van der Waals surface area contributed by atoms with Gasteiger partial charge in [-0.2, -0.15) is 0 Å². The highest BCUT2D eigenvalue weighted by atomic mass is 19.1. The number of nitrogens with zero attached hydrogens (tertiary/aromatic N) is 1. The average Bonchev–Trinajstić information content (AvgIpc) is 2.71. The van der Waals surface area contributed by atoms with Crippen LogP contribution in [0.3, 0.4) is 0 Å². The van der Waals surface area contributed by atoms with Gasteiger partial charge in [0.25, 0.3) is 5.91 Å². The zero-order chi connectivity index (χ0) is 22.2. The first kappa shape index (κ1) is 20.7. The molecule has 0 saturated carbocycles. The van der Waals surface area contributed by atoms with E-state index in [4.69, 9.17) is 0 Å². The molecule has 2 amide bonds. The van der Waals surface area contributed by atoms with Crippen LogP contribution in [-0.2, 0) is 15.1 Å². The van der Waals surface area contributed by atoms with Crippen molar-refractivity contribution >= 4 is 23.2 Å². The standard InChI is InChI=1S/C25H22F2N2O2/c1-16(2)17-9-11-18(12-10-17)25(24(31)28-21-7-3-5-19(26)13-21)15-23(30)29(25)22-8-4-6-20(27)14-22/h3-14,16H,15H2,1-2H3,(H,28,31). The van der Waals surface area contributed by atoms with E-state index in [1.54, 1.807) is 12.1 Å². The maximum Gasteiger partial charge on any atom is 0.255 e. The lowest BCUT2D eigenvalue weighted by atomic mass is 9.75. The van der Waals surface area contributed by atoms with E-state index in [0.29, 0.717) is 17.2 Å². The summed E-state index contributed by atoms with van der Waals surface area (Å²) >= 11 is 0. The number of amides is 2. The van der Waals surface area contributed by atoms with Crippen molar-refractivity contribution in [2.24, 2.45) is 0 Å². The molecule has 4 rings (SSSR count). The minimum Gasteiger partial charge on any atom is -0.324 e. The van der Waals surface area contributed by atoms with Crippen LogP contribution in [0.5, 0.6) is 0 Å². The number of rotatable bonds is 5. The van der Waals surface area contributed by atoms with Crippen LogP contribution >= 0.6 is 0 Å². The second kappa shape index (κ2) is 7.95. The molecular formula is C25H22F2N2O2. The maximum atomic E-state index is 13.9. The minimum absolute atomic E-state index is 0.0777. The number of halogens is 2. The van der Waals surface area contributed by atoms with Gasteiger partial charge in [-0.25, -0.2) is 8.78 Å². The van der Waals surface area contributed by atoms with Gasteiger partial charge in [-0.3, -0.25) is 14.5 Å². The van der Waals surface area contributed by atoms with Crippen LogP contribution in [0.1, 0.15) is 37.3 Å². The summed E-state index contributed by atoms with van der Waals surface area (Å²) in [6.45, 7) is 4.13. The first-order valence-electron chi connectivity index (χ1n) is 10.1. The number of β-lactam (4-membered cyclic amide) rings is 1. The summed E-state index contributed by atoms with van der Waals surface area (Å²) < 4.78 is 27.6. The highest BCUT2D eigenvalue weighted by Crippen LogP contribution is 2.46. The molecule has 1 N–H and O–H groups in total. The van der Waals surface area contributed by atoms with Gasteiger partial charge < -0.3 is 5.32 Å². The third-order valence-electron chi connectivity index (χ3n) is 5.62. The smallest absolute Gasteiger partial charge is 0.255 e. The van der Waals surface area contributed by atoms with Gasteiger partial charge in [-0.1, -0.05) is 50.2 Å². The average molecular weight is 420 g/mol. The largest absolute Gasteiger partial charge is 0.324 e. The zero-order valence-corrected chi connectivity index (χ0v) is 17.2. The Hall–Kier alpha value is -3.54. The van der Waals surface area contributed by atoms with Crippen molar-refractivity contribution < 1.29 is 18.4 Å². The van der Waals surface area contributed by atoms with Crippen LogP contribution in [0.25, 0.3) is 0 Å². The fourth-order valence-electron chi connectivity index (χ4n) is 3.97. The predicted molar refractivity (Wildman–Crippen MR) is 116 cm³/mol. The Morgan fingerprint density at radius 3 is 2.19 bits per heavy atom. The molecule has 1 fully saturated rings. The van der Waals surface area contributed by atoms with Gasteiger partial charge in [0.1, 0.15) is 11.6 Å². The zero-order valence-electron chi connectivity index (χ0n) is 17.2. The molecule has 3 aromatic rings. The summed E-state index contributed by atoms with van der Waals surface area (Å²) in [6, 6.07) is 18.6. The fraction of sp³-hybridized carbons (Fsp3) is 0.200. The quantitative estimate of drug-likeness (QED) is 0.565. The summed E-state index contributed by atoms with van der Waals surface area (Å²) in [5.41, 5.74) is 0.898. The van der Waals surface area contributed by atoms with Crippen molar-refractivity contribution in [3.8, 4) is 0 Å². The number of carbonyl (C=O) groups is 2. The lowest BCUT2D eigenvalue weighted by Crippen LogP contribution is -2.67. The van der Waals surface area contributed by atoms with E-state index < -0.39 is 23.1 Å². The lowest BCUT2D eigenvalue weighted by molar-refractivity contribution is -0.137. The molecule has 0 spiro atoms. The van der Waals surface area contributed by atoms with Gasteiger partial charge >= 0.3 is 0 Å². The van der Waals surface area contributed by atoms with Gasteiger partial charge in [0.05, 0.1) is 6.42 Å². The molecule has 1 atom stereocenters. The molecule has 6 heteroatoms. The summed E-state index contributed by atoms with van der Waals surface area (Å²) in [5, 5.41) is 2.73. The Kier molecular flexibility index (Phi) is 5.31. The number of nitrogens with one attached hydrogen (secondary N) is 1. The van der Waals surface area contributed by atoms with E-state index in [9.17, 15) is 18.4 Å². The molecule has 1 saturated heterocycles. The third kappa shape index (κ3) is 3.69. The topological polar surface area (TPSA) is 49.4 Å². The van der Waals surface area contributed by atoms with Crippen molar-refractivity contribution in [3.63, 3.8) is 0 Å². The van der Waals surface area contributed by atoms with Crippen molar-refractivity contribution in [1.82, 2.24) is 0 Å². The molecule has 0 aliphatic carbocycles. The lowest BCUT2D eigenvalue weighted by Gasteiger charge is -2.50. The Balaban J connectivity index is 1.80. The molecule has 1 unspecified atom stereocenters. The number of hydrogen-bond donors (Lipinski definition) is 1. The SMILES string of the molecule is CC(C)c1ccc(C2(C(=O)Nc3cccc(F)c3)CC(=O)N2c2cccc(F)c2)cc1. The Morgan fingerprint density at radius 1 is 0.968 bits per heavy atom. The molecule has 4 nitrogen and oxygen atoms in total. The van der Waals surface area contributed by atoms with Crippen molar-refractivity contribution in [3.05, 3.63) is 95.6 Å². The number of anilines is 2. The summed E-state index contributed by atoms with van der Waals surface area (Å²) in [6.07, 6.45) is -0.0777.